The quantitative estimate of drug-likeness (QED) is 0.575. The summed E-state index contributed by atoms with van der Waals surface area (Å²) in [5.74, 6) is 7.13. The van der Waals surface area contributed by atoms with E-state index in [9.17, 15) is 0 Å². The lowest BCUT2D eigenvalue weighted by Gasteiger charge is -2.24. The Kier molecular flexibility index (Phi) is 6.66. The number of rotatable bonds is 4. The van der Waals surface area contributed by atoms with Gasteiger partial charge in [-0.15, -0.1) is 5.10 Å². The lowest BCUT2D eigenvalue weighted by atomic mass is 10.0. The number of benzene rings is 1. The molecule has 30 heavy (non-hydrogen) atoms. The van der Waals surface area contributed by atoms with Gasteiger partial charge in [-0.3, -0.25) is 9.88 Å². The van der Waals surface area contributed by atoms with Crippen LogP contribution in [0.3, 0.4) is 0 Å². The number of nitrogens with zero attached hydrogens (tertiary/aromatic N) is 4. The van der Waals surface area contributed by atoms with Crippen LogP contribution in [0.4, 0.5) is 0 Å². The van der Waals surface area contributed by atoms with Crippen molar-refractivity contribution in [2.75, 3.05) is 40.0 Å². The van der Waals surface area contributed by atoms with Gasteiger partial charge in [0.2, 0.25) is 0 Å². The fraction of sp³-hybridized carbons (Fsp3) is 0.318. The Morgan fingerprint density at radius 3 is 2.60 bits per heavy atom. The van der Waals surface area contributed by atoms with Crippen LogP contribution >= 0.6 is 23.2 Å². The number of hydrogen-bond donors (Lipinski definition) is 0. The monoisotopic (exact) mass is 442 g/mol. The van der Waals surface area contributed by atoms with E-state index in [4.69, 9.17) is 32.7 Å². The molecule has 3 heterocycles. The van der Waals surface area contributed by atoms with E-state index >= 15 is 0 Å². The van der Waals surface area contributed by atoms with Crippen molar-refractivity contribution in [2.24, 2.45) is 0 Å². The summed E-state index contributed by atoms with van der Waals surface area (Å²) in [7, 11) is 1.64. The Labute approximate surface area is 185 Å². The summed E-state index contributed by atoms with van der Waals surface area (Å²) in [6, 6.07) is 5.80. The van der Waals surface area contributed by atoms with Gasteiger partial charge in [-0.2, -0.15) is 5.10 Å². The summed E-state index contributed by atoms with van der Waals surface area (Å²) < 4.78 is 10.8. The standard InChI is InChI=1S/C22H20Cl2N4O2/c1-29-15-4-5-16-17(11-15)21(3-2-6-28-7-9-30-10-8-28)26-27-22(16)12-18-19(23)13-25-14-20(18)24/h4-5,11,13-14H,6-10,12H2,1H3. The molecule has 154 valence electrons. The average Bonchev–Trinajstić information content (AvgIpc) is 2.77. The first-order chi connectivity index (χ1) is 14.7. The molecule has 1 saturated heterocycles. The lowest BCUT2D eigenvalue weighted by molar-refractivity contribution is 0.0443. The minimum absolute atomic E-state index is 0.442. The Balaban J connectivity index is 1.69. The van der Waals surface area contributed by atoms with Crippen LogP contribution in [-0.4, -0.2) is 60.0 Å². The first-order valence-electron chi connectivity index (χ1n) is 9.56. The summed E-state index contributed by atoms with van der Waals surface area (Å²) in [6.45, 7) is 3.94. The maximum absolute atomic E-state index is 6.30. The van der Waals surface area contributed by atoms with Crippen molar-refractivity contribution in [1.29, 1.82) is 0 Å². The number of morpholine rings is 1. The van der Waals surface area contributed by atoms with Gasteiger partial charge in [0.05, 0.1) is 42.6 Å². The van der Waals surface area contributed by atoms with Crippen molar-refractivity contribution in [2.45, 2.75) is 6.42 Å². The third-order valence-electron chi connectivity index (χ3n) is 4.97. The van der Waals surface area contributed by atoms with E-state index in [0.29, 0.717) is 28.7 Å². The number of aromatic nitrogens is 3. The van der Waals surface area contributed by atoms with Crippen LogP contribution in [0.1, 0.15) is 17.0 Å². The van der Waals surface area contributed by atoms with Crippen LogP contribution in [0.25, 0.3) is 10.8 Å². The molecule has 0 amide bonds. The second kappa shape index (κ2) is 9.59. The predicted molar refractivity (Wildman–Crippen MR) is 117 cm³/mol. The summed E-state index contributed by atoms with van der Waals surface area (Å²) in [4.78, 5) is 6.27. The van der Waals surface area contributed by atoms with Gasteiger partial charge in [0.15, 0.2) is 0 Å². The van der Waals surface area contributed by atoms with Crippen molar-refractivity contribution < 1.29 is 9.47 Å². The van der Waals surface area contributed by atoms with E-state index in [1.807, 2.05) is 18.2 Å². The fourth-order valence-corrected chi connectivity index (χ4v) is 3.81. The number of methoxy groups -OCH3 is 1. The molecular formula is C22H20Cl2N4O2. The zero-order chi connectivity index (χ0) is 20.9. The molecule has 1 aliphatic heterocycles. The highest BCUT2D eigenvalue weighted by Crippen LogP contribution is 2.29. The molecule has 4 rings (SSSR count). The molecule has 3 aromatic rings. The van der Waals surface area contributed by atoms with Gasteiger partial charge in [0, 0.05) is 42.7 Å². The fourth-order valence-electron chi connectivity index (χ4n) is 3.31. The first kappa shape index (κ1) is 20.8. The molecule has 0 spiro atoms. The highest BCUT2D eigenvalue weighted by molar-refractivity contribution is 6.35. The third kappa shape index (κ3) is 4.66. The molecule has 0 saturated carbocycles. The summed E-state index contributed by atoms with van der Waals surface area (Å²) in [5.41, 5.74) is 2.15. The molecule has 0 N–H and O–H groups in total. The zero-order valence-electron chi connectivity index (χ0n) is 16.5. The number of fused-ring (bicyclic) bond motifs is 1. The number of pyridine rings is 1. The molecule has 1 fully saturated rings. The van der Waals surface area contributed by atoms with E-state index in [1.165, 1.54) is 0 Å². The minimum Gasteiger partial charge on any atom is -0.497 e. The molecule has 1 aliphatic rings. The SMILES string of the molecule is COc1ccc2c(Cc3c(Cl)cncc3Cl)nnc(C#CCN3CCOCC3)c2c1. The molecule has 0 atom stereocenters. The van der Waals surface area contributed by atoms with E-state index in [1.54, 1.807) is 19.5 Å². The summed E-state index contributed by atoms with van der Waals surface area (Å²) in [6.07, 6.45) is 3.59. The molecule has 0 aliphatic carbocycles. The summed E-state index contributed by atoms with van der Waals surface area (Å²) in [5, 5.41) is 11.7. The van der Waals surface area contributed by atoms with Gasteiger partial charge in [0.25, 0.3) is 0 Å². The predicted octanol–water partition coefficient (Wildman–Crippen LogP) is 3.61. The van der Waals surface area contributed by atoms with Crippen molar-refractivity contribution in [3.63, 3.8) is 0 Å². The van der Waals surface area contributed by atoms with Crippen LogP contribution in [0, 0.1) is 11.8 Å². The number of ether oxygens (including phenoxy) is 2. The molecule has 0 radical (unpaired) electrons. The van der Waals surface area contributed by atoms with Gasteiger partial charge in [-0.25, -0.2) is 0 Å². The molecule has 8 heteroatoms. The molecule has 1 aromatic carbocycles. The van der Waals surface area contributed by atoms with E-state index < -0.39 is 0 Å². The van der Waals surface area contributed by atoms with Crippen molar-refractivity contribution >= 4 is 34.0 Å². The molecular weight excluding hydrogens is 423 g/mol. The number of halogens is 2. The molecule has 6 nitrogen and oxygen atoms in total. The lowest BCUT2D eigenvalue weighted by Crippen LogP contribution is -2.36. The largest absolute Gasteiger partial charge is 0.497 e. The van der Waals surface area contributed by atoms with Crippen LogP contribution in [0.2, 0.25) is 10.0 Å². The minimum atomic E-state index is 0.442. The van der Waals surface area contributed by atoms with Crippen molar-refractivity contribution in [3.05, 3.63) is 57.6 Å². The third-order valence-corrected chi connectivity index (χ3v) is 5.62. The maximum Gasteiger partial charge on any atom is 0.143 e. The van der Waals surface area contributed by atoms with Gasteiger partial charge in [-0.05, 0) is 29.7 Å². The van der Waals surface area contributed by atoms with Crippen LogP contribution in [0.15, 0.2) is 30.6 Å². The smallest absolute Gasteiger partial charge is 0.143 e. The zero-order valence-corrected chi connectivity index (χ0v) is 18.0. The Bertz CT molecular complexity index is 1100. The van der Waals surface area contributed by atoms with Gasteiger partial charge < -0.3 is 9.47 Å². The Hall–Kier alpha value is -2.43. The summed E-state index contributed by atoms with van der Waals surface area (Å²) >= 11 is 12.6. The van der Waals surface area contributed by atoms with Crippen LogP contribution in [-0.2, 0) is 11.2 Å². The highest BCUT2D eigenvalue weighted by Gasteiger charge is 2.14. The van der Waals surface area contributed by atoms with Crippen LogP contribution in [0.5, 0.6) is 5.75 Å². The molecule has 2 aromatic heterocycles. The Morgan fingerprint density at radius 1 is 1.10 bits per heavy atom. The first-order valence-corrected chi connectivity index (χ1v) is 10.3. The van der Waals surface area contributed by atoms with E-state index in [0.717, 1.165) is 54.1 Å². The van der Waals surface area contributed by atoms with E-state index in [2.05, 4.69) is 31.9 Å². The topological polar surface area (TPSA) is 60.4 Å². The van der Waals surface area contributed by atoms with Gasteiger partial charge >= 0.3 is 0 Å². The number of hydrogen-bond acceptors (Lipinski definition) is 6. The van der Waals surface area contributed by atoms with Crippen LogP contribution < -0.4 is 4.74 Å². The van der Waals surface area contributed by atoms with Gasteiger partial charge in [-0.1, -0.05) is 29.1 Å². The Morgan fingerprint density at radius 2 is 1.87 bits per heavy atom. The van der Waals surface area contributed by atoms with Crippen molar-refractivity contribution in [3.8, 4) is 17.6 Å². The second-order valence-electron chi connectivity index (χ2n) is 6.86. The maximum atomic E-state index is 6.30. The highest BCUT2D eigenvalue weighted by atomic mass is 35.5. The van der Waals surface area contributed by atoms with Gasteiger partial charge in [0.1, 0.15) is 11.4 Å². The molecule has 0 bridgehead atoms. The normalized spacial score (nSPS) is 14.4. The van der Waals surface area contributed by atoms with Crippen molar-refractivity contribution in [1.82, 2.24) is 20.1 Å². The van der Waals surface area contributed by atoms with E-state index in [-0.39, 0.29) is 0 Å². The average molecular weight is 443 g/mol. The second-order valence-corrected chi connectivity index (χ2v) is 7.67. The molecule has 0 unspecified atom stereocenters.